The van der Waals surface area contributed by atoms with Gasteiger partial charge in [0.1, 0.15) is 0 Å². The summed E-state index contributed by atoms with van der Waals surface area (Å²) in [5.41, 5.74) is 2.00. The van der Waals surface area contributed by atoms with Crippen LogP contribution in [0.25, 0.3) is 0 Å². The molecular formula is C21H23N3O2. The molecule has 2 aromatic rings. The molecule has 2 fully saturated rings. The topological polar surface area (TPSA) is 62.3 Å². The van der Waals surface area contributed by atoms with E-state index in [1.54, 1.807) is 11.1 Å². The Morgan fingerprint density at radius 3 is 2.62 bits per heavy atom. The minimum atomic E-state index is -0.281. The van der Waals surface area contributed by atoms with Crippen LogP contribution < -0.4 is 5.32 Å². The molecule has 4 rings (SSSR count). The average molecular weight is 349 g/mol. The number of pyridine rings is 1. The molecule has 1 aliphatic heterocycles. The largest absolute Gasteiger partial charge is 0.349 e. The van der Waals surface area contributed by atoms with Crippen LogP contribution in [0.1, 0.15) is 36.6 Å². The fourth-order valence-corrected chi connectivity index (χ4v) is 3.62. The monoisotopic (exact) mass is 349 g/mol. The van der Waals surface area contributed by atoms with Crippen LogP contribution in [0.4, 0.5) is 0 Å². The highest BCUT2D eigenvalue weighted by Crippen LogP contribution is 2.41. The van der Waals surface area contributed by atoms with Gasteiger partial charge in [0, 0.05) is 19.2 Å². The Morgan fingerprint density at radius 2 is 1.92 bits per heavy atom. The zero-order valence-corrected chi connectivity index (χ0v) is 14.7. The molecular weight excluding hydrogens is 326 g/mol. The molecule has 1 aromatic heterocycles. The van der Waals surface area contributed by atoms with E-state index in [0.717, 1.165) is 24.1 Å². The first-order valence-electron chi connectivity index (χ1n) is 9.23. The lowest BCUT2D eigenvalue weighted by Crippen LogP contribution is -2.36. The zero-order chi connectivity index (χ0) is 17.9. The summed E-state index contributed by atoms with van der Waals surface area (Å²) in [4.78, 5) is 31.1. The predicted molar refractivity (Wildman–Crippen MR) is 97.8 cm³/mol. The van der Waals surface area contributed by atoms with E-state index in [2.05, 4.69) is 22.4 Å². The van der Waals surface area contributed by atoms with Gasteiger partial charge in [0.2, 0.25) is 11.8 Å². The van der Waals surface area contributed by atoms with E-state index in [4.69, 9.17) is 0 Å². The van der Waals surface area contributed by atoms with Crippen molar-refractivity contribution in [3.05, 3.63) is 66.0 Å². The fraction of sp³-hybridized carbons (Fsp3) is 0.381. The number of likely N-dealkylation sites (tertiary alicyclic amines) is 1. The normalized spacial score (nSPS) is 20.8. The van der Waals surface area contributed by atoms with Crippen molar-refractivity contribution in [1.82, 2.24) is 15.2 Å². The SMILES string of the molecule is O=C(N[C@@H](c1ccccc1)C1CC1)[C@H]1CC(=O)N(Cc2ccccn2)C1. The highest BCUT2D eigenvalue weighted by molar-refractivity contribution is 5.89. The number of hydrogen-bond acceptors (Lipinski definition) is 3. The molecule has 1 N–H and O–H groups in total. The molecule has 5 heteroatoms. The van der Waals surface area contributed by atoms with Gasteiger partial charge in [-0.3, -0.25) is 14.6 Å². The average Bonchev–Trinajstić information content (AvgIpc) is 3.45. The standard InChI is InChI=1S/C21H23N3O2/c25-19-12-17(13-24(19)14-18-8-4-5-11-22-18)21(26)23-20(16-9-10-16)15-6-2-1-3-7-15/h1-8,11,16-17,20H,9-10,12-14H2,(H,23,26)/t17-,20-/m0/s1. The van der Waals surface area contributed by atoms with Crippen LogP contribution in [0.2, 0.25) is 0 Å². The molecule has 0 radical (unpaired) electrons. The summed E-state index contributed by atoms with van der Waals surface area (Å²) in [6, 6.07) is 15.9. The van der Waals surface area contributed by atoms with E-state index in [1.165, 1.54) is 0 Å². The van der Waals surface area contributed by atoms with Gasteiger partial charge in [-0.15, -0.1) is 0 Å². The van der Waals surface area contributed by atoms with Crippen molar-refractivity contribution in [3.8, 4) is 0 Å². The predicted octanol–water partition coefficient (Wildman–Crippen LogP) is 2.70. The van der Waals surface area contributed by atoms with Gasteiger partial charge in [-0.2, -0.15) is 0 Å². The van der Waals surface area contributed by atoms with Crippen LogP contribution in [0.3, 0.4) is 0 Å². The van der Waals surface area contributed by atoms with Crippen molar-refractivity contribution in [2.45, 2.75) is 31.8 Å². The summed E-state index contributed by atoms with van der Waals surface area (Å²) < 4.78 is 0. The quantitative estimate of drug-likeness (QED) is 0.872. The number of rotatable bonds is 6. The Kier molecular flexibility index (Phi) is 4.69. The summed E-state index contributed by atoms with van der Waals surface area (Å²) >= 11 is 0. The van der Waals surface area contributed by atoms with Gasteiger partial charge < -0.3 is 10.2 Å². The van der Waals surface area contributed by atoms with Gasteiger partial charge in [-0.05, 0) is 36.5 Å². The molecule has 2 atom stereocenters. The van der Waals surface area contributed by atoms with E-state index in [0.29, 0.717) is 19.0 Å². The lowest BCUT2D eigenvalue weighted by molar-refractivity contribution is -0.129. The number of hydrogen-bond donors (Lipinski definition) is 1. The summed E-state index contributed by atoms with van der Waals surface area (Å²) in [5.74, 6) is 0.250. The number of carbonyl (C=O) groups is 2. The van der Waals surface area contributed by atoms with Crippen LogP contribution in [-0.2, 0) is 16.1 Å². The molecule has 2 heterocycles. The van der Waals surface area contributed by atoms with Crippen molar-refractivity contribution in [1.29, 1.82) is 0 Å². The number of carbonyl (C=O) groups excluding carboxylic acids is 2. The molecule has 1 saturated carbocycles. The minimum absolute atomic E-state index is 0.0115. The summed E-state index contributed by atoms with van der Waals surface area (Å²) in [6.45, 7) is 0.932. The molecule has 1 aliphatic carbocycles. The van der Waals surface area contributed by atoms with E-state index in [1.807, 2.05) is 36.4 Å². The molecule has 2 aliphatic rings. The third kappa shape index (κ3) is 3.77. The van der Waals surface area contributed by atoms with Crippen molar-refractivity contribution in [3.63, 3.8) is 0 Å². The second-order valence-electron chi connectivity index (χ2n) is 7.23. The van der Waals surface area contributed by atoms with Crippen molar-refractivity contribution in [2.24, 2.45) is 11.8 Å². The van der Waals surface area contributed by atoms with Gasteiger partial charge in [-0.1, -0.05) is 36.4 Å². The van der Waals surface area contributed by atoms with Crippen molar-refractivity contribution < 1.29 is 9.59 Å². The summed E-state index contributed by atoms with van der Waals surface area (Å²) in [6.07, 6.45) is 4.30. The van der Waals surface area contributed by atoms with Crippen LogP contribution in [0.5, 0.6) is 0 Å². The molecule has 0 bridgehead atoms. The van der Waals surface area contributed by atoms with Gasteiger partial charge in [0.25, 0.3) is 0 Å². The molecule has 0 spiro atoms. The smallest absolute Gasteiger partial charge is 0.225 e. The Balaban J connectivity index is 1.39. The molecule has 134 valence electrons. The molecule has 26 heavy (non-hydrogen) atoms. The number of amides is 2. The zero-order valence-electron chi connectivity index (χ0n) is 14.7. The van der Waals surface area contributed by atoms with Crippen LogP contribution in [-0.4, -0.2) is 28.2 Å². The third-order valence-corrected chi connectivity index (χ3v) is 5.21. The number of benzene rings is 1. The van der Waals surface area contributed by atoms with Crippen LogP contribution >= 0.6 is 0 Å². The fourth-order valence-electron chi connectivity index (χ4n) is 3.62. The maximum Gasteiger partial charge on any atom is 0.225 e. The first-order valence-corrected chi connectivity index (χ1v) is 9.23. The molecule has 5 nitrogen and oxygen atoms in total. The van der Waals surface area contributed by atoms with Crippen LogP contribution in [0, 0.1) is 11.8 Å². The first kappa shape index (κ1) is 16.8. The molecule has 1 saturated heterocycles. The first-order chi connectivity index (χ1) is 12.7. The third-order valence-electron chi connectivity index (χ3n) is 5.21. The lowest BCUT2D eigenvalue weighted by atomic mass is 10.0. The summed E-state index contributed by atoms with van der Waals surface area (Å²) in [5, 5.41) is 3.21. The highest BCUT2D eigenvalue weighted by Gasteiger charge is 2.38. The Labute approximate surface area is 153 Å². The molecule has 0 unspecified atom stereocenters. The Bertz CT molecular complexity index is 774. The Hall–Kier alpha value is -2.69. The second kappa shape index (κ2) is 7.28. The lowest BCUT2D eigenvalue weighted by Gasteiger charge is -2.21. The van der Waals surface area contributed by atoms with Crippen LogP contribution in [0.15, 0.2) is 54.7 Å². The van der Waals surface area contributed by atoms with E-state index in [9.17, 15) is 9.59 Å². The highest BCUT2D eigenvalue weighted by atomic mass is 16.2. The number of nitrogens with zero attached hydrogens (tertiary/aromatic N) is 2. The molecule has 2 amide bonds. The van der Waals surface area contributed by atoms with Crippen molar-refractivity contribution in [2.75, 3.05) is 6.54 Å². The maximum absolute atomic E-state index is 12.8. The minimum Gasteiger partial charge on any atom is -0.349 e. The summed E-state index contributed by atoms with van der Waals surface area (Å²) in [7, 11) is 0. The number of nitrogens with one attached hydrogen (secondary N) is 1. The van der Waals surface area contributed by atoms with E-state index in [-0.39, 0.29) is 30.2 Å². The second-order valence-corrected chi connectivity index (χ2v) is 7.23. The van der Waals surface area contributed by atoms with Gasteiger partial charge in [0.15, 0.2) is 0 Å². The number of aromatic nitrogens is 1. The Morgan fingerprint density at radius 1 is 1.15 bits per heavy atom. The van der Waals surface area contributed by atoms with Crippen molar-refractivity contribution >= 4 is 11.8 Å². The van der Waals surface area contributed by atoms with E-state index < -0.39 is 0 Å². The maximum atomic E-state index is 12.8. The van der Waals surface area contributed by atoms with Gasteiger partial charge >= 0.3 is 0 Å². The molecule has 1 aromatic carbocycles. The van der Waals surface area contributed by atoms with Gasteiger partial charge in [0.05, 0.1) is 24.2 Å². The van der Waals surface area contributed by atoms with E-state index >= 15 is 0 Å². The van der Waals surface area contributed by atoms with Gasteiger partial charge in [-0.25, -0.2) is 0 Å².